The molecule has 0 unspecified atom stereocenters. The lowest BCUT2D eigenvalue weighted by atomic mass is 10.0. The maximum Gasteiger partial charge on any atom is 0.245 e. The van der Waals surface area contributed by atoms with E-state index in [-0.39, 0.29) is 17.5 Å². The lowest BCUT2D eigenvalue weighted by Gasteiger charge is -2.27. The van der Waals surface area contributed by atoms with Gasteiger partial charge in [0.2, 0.25) is 5.95 Å². The second-order valence-corrected chi connectivity index (χ2v) is 8.72. The molecule has 1 aromatic carbocycles. The minimum Gasteiger partial charge on any atom is -0.508 e. The average Bonchev–Trinajstić information content (AvgIpc) is 2.91. The van der Waals surface area contributed by atoms with Gasteiger partial charge in [-0.05, 0) is 48.2 Å². The van der Waals surface area contributed by atoms with E-state index in [4.69, 9.17) is 4.74 Å². The van der Waals surface area contributed by atoms with Crippen molar-refractivity contribution in [3.05, 3.63) is 90.2 Å². The van der Waals surface area contributed by atoms with Crippen molar-refractivity contribution in [2.45, 2.75) is 12.8 Å². The molecule has 9 nitrogen and oxygen atoms in total. The van der Waals surface area contributed by atoms with Crippen molar-refractivity contribution >= 4 is 34.9 Å². The summed E-state index contributed by atoms with van der Waals surface area (Å²) in [7, 11) is 0. The van der Waals surface area contributed by atoms with Crippen molar-refractivity contribution in [2.75, 3.05) is 41.9 Å². The molecule has 3 aromatic rings. The number of rotatable bonds is 7. The van der Waals surface area contributed by atoms with E-state index < -0.39 is 5.82 Å². The number of hydrogen-bond donors (Lipinski definition) is 3. The third kappa shape index (κ3) is 6.60. The van der Waals surface area contributed by atoms with E-state index in [0.717, 1.165) is 41.5 Å². The van der Waals surface area contributed by atoms with Crippen LogP contribution >= 0.6 is 0 Å². The maximum absolute atomic E-state index is 14.2. The quantitative estimate of drug-likeness (QED) is 0.298. The lowest BCUT2D eigenvalue weighted by molar-refractivity contribution is 0.122. The van der Waals surface area contributed by atoms with Crippen LogP contribution in [0, 0.1) is 5.82 Å². The van der Waals surface area contributed by atoms with Crippen LogP contribution in [0.4, 0.5) is 27.5 Å². The van der Waals surface area contributed by atoms with Gasteiger partial charge in [-0.25, -0.2) is 14.8 Å². The molecule has 1 saturated heterocycles. The van der Waals surface area contributed by atoms with Crippen LogP contribution in [0.15, 0.2) is 78.2 Å². The Kier molecular flexibility index (Phi) is 8.00. The summed E-state index contributed by atoms with van der Waals surface area (Å²) in [6.07, 6.45) is 16.6. The fraction of sp³-hybridized carbons (Fsp3) is 0.214. The smallest absolute Gasteiger partial charge is 0.245 e. The molecule has 38 heavy (non-hydrogen) atoms. The second-order valence-electron chi connectivity index (χ2n) is 8.72. The molecule has 194 valence electrons. The topological polar surface area (TPSA) is 108 Å². The maximum atomic E-state index is 14.2. The molecular formula is C28H28FN7O2. The van der Waals surface area contributed by atoms with Gasteiger partial charge in [0.25, 0.3) is 0 Å². The van der Waals surface area contributed by atoms with Gasteiger partial charge in [0, 0.05) is 24.8 Å². The number of allylic oxidation sites excluding steroid dienone is 6. The van der Waals surface area contributed by atoms with Gasteiger partial charge in [0.15, 0.2) is 11.6 Å². The highest BCUT2D eigenvalue weighted by molar-refractivity contribution is 5.80. The van der Waals surface area contributed by atoms with Crippen molar-refractivity contribution in [3.63, 3.8) is 0 Å². The Balaban J connectivity index is 1.22. The number of aromatic nitrogens is 3. The Bertz CT molecular complexity index is 1380. The summed E-state index contributed by atoms with van der Waals surface area (Å²) in [4.78, 5) is 14.4. The Labute approximate surface area is 220 Å². The second kappa shape index (κ2) is 12.1. The van der Waals surface area contributed by atoms with Gasteiger partial charge >= 0.3 is 0 Å². The van der Waals surface area contributed by atoms with Crippen LogP contribution < -0.4 is 15.6 Å². The summed E-state index contributed by atoms with van der Waals surface area (Å²) in [6.45, 7) is 2.19. The zero-order valence-electron chi connectivity index (χ0n) is 20.7. The summed E-state index contributed by atoms with van der Waals surface area (Å²) in [5.41, 5.74) is 6.84. The molecule has 3 heterocycles. The molecule has 0 radical (unpaired) electrons. The molecule has 0 amide bonds. The lowest BCUT2D eigenvalue weighted by Crippen LogP contribution is -2.37. The Hall–Kier alpha value is -4.57. The molecule has 3 N–H and O–H groups in total. The van der Waals surface area contributed by atoms with Crippen molar-refractivity contribution in [2.24, 2.45) is 5.10 Å². The number of phenols is 1. The predicted octanol–water partition coefficient (Wildman–Crippen LogP) is 5.03. The fourth-order valence-electron chi connectivity index (χ4n) is 4.09. The Morgan fingerprint density at radius 3 is 2.76 bits per heavy atom. The van der Waals surface area contributed by atoms with Crippen LogP contribution in [0.2, 0.25) is 0 Å². The summed E-state index contributed by atoms with van der Waals surface area (Å²) in [5.74, 6) is 0.107. The molecule has 1 aliphatic heterocycles. The molecule has 2 aromatic heterocycles. The van der Waals surface area contributed by atoms with Gasteiger partial charge in [-0.3, -0.25) is 4.98 Å². The summed E-state index contributed by atoms with van der Waals surface area (Å²) < 4.78 is 19.5. The number of hydrazone groups is 1. The number of nitrogens with one attached hydrogen (secondary N) is 2. The first-order valence-corrected chi connectivity index (χ1v) is 12.4. The van der Waals surface area contributed by atoms with Crippen LogP contribution in [-0.2, 0) is 4.74 Å². The number of ether oxygens (including phenoxy) is 1. The normalized spacial score (nSPS) is 15.7. The highest BCUT2D eigenvalue weighted by Crippen LogP contribution is 2.29. The predicted molar refractivity (Wildman–Crippen MR) is 147 cm³/mol. The van der Waals surface area contributed by atoms with Crippen molar-refractivity contribution in [1.29, 1.82) is 0 Å². The molecule has 1 fully saturated rings. The van der Waals surface area contributed by atoms with Crippen LogP contribution in [0.3, 0.4) is 0 Å². The number of aromatic hydroxyl groups is 1. The third-order valence-corrected chi connectivity index (χ3v) is 5.94. The van der Waals surface area contributed by atoms with Gasteiger partial charge in [-0.1, -0.05) is 30.4 Å². The number of phenolic OH excluding ortho intramolecular Hbond substituents is 1. The van der Waals surface area contributed by atoms with E-state index in [9.17, 15) is 9.50 Å². The minimum atomic E-state index is -0.486. The first-order valence-electron chi connectivity index (χ1n) is 12.4. The molecule has 2 aliphatic rings. The highest BCUT2D eigenvalue weighted by Gasteiger charge is 2.17. The Morgan fingerprint density at radius 1 is 1.03 bits per heavy atom. The standard InChI is InChI=1S/C28H28FN7O2/c29-26-19-31-28(34-27(26)36-10-12-38-13-11-36)35-32-18-22-8-9-23(17-30-22)33-24-14-21(15-25(37)16-24)20-6-4-2-1-3-5-7-20/h1-2,4,6-9,14-19,33,37H,3,5,10-13H2,(H,31,34,35)/b2-1?,6-4?,20-7?,32-18+. The monoisotopic (exact) mass is 513 g/mol. The van der Waals surface area contributed by atoms with Gasteiger partial charge in [0.05, 0.1) is 43.2 Å². The van der Waals surface area contributed by atoms with Crippen LogP contribution in [0.5, 0.6) is 5.75 Å². The fourth-order valence-corrected chi connectivity index (χ4v) is 4.09. The van der Waals surface area contributed by atoms with Gasteiger partial charge < -0.3 is 20.1 Å². The van der Waals surface area contributed by atoms with Gasteiger partial charge in [0.1, 0.15) is 5.75 Å². The average molecular weight is 514 g/mol. The first kappa shape index (κ1) is 25.1. The molecule has 1 aliphatic carbocycles. The minimum absolute atomic E-state index is 0.180. The molecule has 10 heteroatoms. The molecule has 0 bridgehead atoms. The largest absolute Gasteiger partial charge is 0.508 e. The van der Waals surface area contributed by atoms with Crippen LogP contribution in [0.25, 0.3) is 5.57 Å². The summed E-state index contributed by atoms with van der Waals surface area (Å²) in [6, 6.07) is 9.08. The van der Waals surface area contributed by atoms with Crippen molar-refractivity contribution in [1.82, 2.24) is 15.0 Å². The van der Waals surface area contributed by atoms with E-state index >= 15 is 0 Å². The number of anilines is 4. The van der Waals surface area contributed by atoms with E-state index in [1.807, 2.05) is 35.3 Å². The first-order chi connectivity index (χ1) is 18.6. The third-order valence-electron chi connectivity index (χ3n) is 5.94. The molecule has 5 rings (SSSR count). The summed E-state index contributed by atoms with van der Waals surface area (Å²) in [5, 5.41) is 17.7. The SMILES string of the molecule is Oc1cc(Nc2ccc(/C=N/Nc3ncc(F)c(N4CCOCC4)n3)nc2)cc(C2=CCCC=CC=C2)c1. The van der Waals surface area contributed by atoms with Gasteiger partial charge in [-0.2, -0.15) is 10.1 Å². The number of pyridine rings is 1. The Morgan fingerprint density at radius 2 is 1.92 bits per heavy atom. The number of halogens is 1. The van der Waals surface area contributed by atoms with E-state index in [1.165, 1.54) is 6.21 Å². The molecular weight excluding hydrogens is 485 g/mol. The molecule has 0 atom stereocenters. The van der Waals surface area contributed by atoms with Crippen LogP contribution in [-0.4, -0.2) is 52.6 Å². The number of benzene rings is 1. The summed E-state index contributed by atoms with van der Waals surface area (Å²) >= 11 is 0. The molecule has 0 saturated carbocycles. The molecule has 0 spiro atoms. The van der Waals surface area contributed by atoms with Crippen molar-refractivity contribution in [3.8, 4) is 5.75 Å². The number of nitrogens with zero attached hydrogens (tertiary/aromatic N) is 5. The van der Waals surface area contributed by atoms with Gasteiger partial charge in [-0.15, -0.1) is 0 Å². The van der Waals surface area contributed by atoms with E-state index in [1.54, 1.807) is 24.4 Å². The number of morpholine rings is 1. The number of hydrogen-bond acceptors (Lipinski definition) is 9. The van der Waals surface area contributed by atoms with E-state index in [2.05, 4.69) is 42.9 Å². The highest BCUT2D eigenvalue weighted by atomic mass is 19.1. The van der Waals surface area contributed by atoms with E-state index in [0.29, 0.717) is 32.0 Å². The van der Waals surface area contributed by atoms with Crippen LogP contribution in [0.1, 0.15) is 24.1 Å². The zero-order valence-corrected chi connectivity index (χ0v) is 20.7. The van der Waals surface area contributed by atoms with Crippen molar-refractivity contribution < 1.29 is 14.2 Å². The zero-order chi connectivity index (χ0) is 26.2.